The van der Waals surface area contributed by atoms with Crippen molar-refractivity contribution in [3.63, 3.8) is 0 Å². The minimum Gasteiger partial charge on any atom is -0.396 e. The summed E-state index contributed by atoms with van der Waals surface area (Å²) < 4.78 is 0. The molecule has 0 aliphatic rings. The molecule has 3 N–H and O–H groups in total. The molecule has 1 amide bonds. The number of aliphatic hydroxyl groups excluding tert-OH is 1. The molecule has 0 aliphatic carbocycles. The van der Waals surface area contributed by atoms with Gasteiger partial charge in [-0.2, -0.15) is 0 Å². The summed E-state index contributed by atoms with van der Waals surface area (Å²) in [6.45, 7) is 6.68. The van der Waals surface area contributed by atoms with Gasteiger partial charge in [0.05, 0.1) is 6.04 Å². The van der Waals surface area contributed by atoms with Crippen molar-refractivity contribution in [3.8, 4) is 0 Å². The van der Waals surface area contributed by atoms with E-state index in [0.29, 0.717) is 6.42 Å². The van der Waals surface area contributed by atoms with E-state index in [2.05, 4.69) is 10.6 Å². The van der Waals surface area contributed by atoms with Gasteiger partial charge in [-0.05, 0) is 26.7 Å². The van der Waals surface area contributed by atoms with Crippen LogP contribution in [0, 0.1) is 0 Å². The molecule has 0 aliphatic heterocycles. The third-order valence-corrected chi connectivity index (χ3v) is 2.04. The Labute approximate surface area is 86.1 Å². The molecule has 4 heteroatoms. The van der Waals surface area contributed by atoms with Gasteiger partial charge < -0.3 is 15.7 Å². The fraction of sp³-hybridized carbons (Fsp3) is 0.900. The summed E-state index contributed by atoms with van der Waals surface area (Å²) in [5, 5.41) is 14.6. The van der Waals surface area contributed by atoms with Crippen molar-refractivity contribution in [3.05, 3.63) is 0 Å². The first kappa shape index (κ1) is 13.4. The summed E-state index contributed by atoms with van der Waals surface area (Å²) in [6.07, 6.45) is 1.62. The molecule has 0 aromatic carbocycles. The molecule has 14 heavy (non-hydrogen) atoms. The quantitative estimate of drug-likeness (QED) is 0.555. The summed E-state index contributed by atoms with van der Waals surface area (Å²) in [5.41, 5.74) is 0. The first-order chi connectivity index (χ1) is 6.61. The Morgan fingerprint density at radius 3 is 2.57 bits per heavy atom. The minimum atomic E-state index is -0.192. The molecule has 0 spiro atoms. The topological polar surface area (TPSA) is 61.4 Å². The van der Waals surface area contributed by atoms with Gasteiger partial charge in [0, 0.05) is 19.2 Å². The Balaban J connectivity index is 3.70. The van der Waals surface area contributed by atoms with Crippen LogP contribution in [-0.4, -0.2) is 36.2 Å². The van der Waals surface area contributed by atoms with Crippen LogP contribution in [0.5, 0.6) is 0 Å². The summed E-state index contributed by atoms with van der Waals surface area (Å²) in [5.74, 6) is 0.0247. The van der Waals surface area contributed by atoms with Crippen LogP contribution in [0.4, 0.5) is 0 Å². The van der Waals surface area contributed by atoms with Crippen LogP contribution >= 0.6 is 0 Å². The molecule has 0 saturated heterocycles. The summed E-state index contributed by atoms with van der Waals surface area (Å²) >= 11 is 0. The van der Waals surface area contributed by atoms with Gasteiger partial charge in [-0.15, -0.1) is 0 Å². The van der Waals surface area contributed by atoms with Crippen LogP contribution in [0.2, 0.25) is 0 Å². The number of carbonyl (C=O) groups is 1. The van der Waals surface area contributed by atoms with Crippen LogP contribution in [0.25, 0.3) is 0 Å². The van der Waals surface area contributed by atoms with Gasteiger partial charge in [-0.3, -0.25) is 4.79 Å². The first-order valence-electron chi connectivity index (χ1n) is 5.26. The molecule has 0 radical (unpaired) electrons. The number of carbonyl (C=O) groups excluding carboxylic acids is 1. The maximum absolute atomic E-state index is 11.4. The van der Waals surface area contributed by atoms with Crippen molar-refractivity contribution in [2.24, 2.45) is 0 Å². The van der Waals surface area contributed by atoms with Crippen molar-refractivity contribution in [1.82, 2.24) is 10.6 Å². The number of aliphatic hydroxyl groups is 1. The van der Waals surface area contributed by atoms with Crippen LogP contribution in [0.15, 0.2) is 0 Å². The summed E-state index contributed by atoms with van der Waals surface area (Å²) in [7, 11) is 0. The van der Waals surface area contributed by atoms with E-state index in [9.17, 15) is 4.79 Å². The molecule has 0 fully saturated rings. The third kappa shape index (κ3) is 5.94. The Morgan fingerprint density at radius 2 is 2.07 bits per heavy atom. The van der Waals surface area contributed by atoms with E-state index in [-0.39, 0.29) is 24.6 Å². The maximum Gasteiger partial charge on any atom is 0.236 e. The van der Waals surface area contributed by atoms with Crippen LogP contribution < -0.4 is 10.6 Å². The molecule has 0 rings (SSSR count). The number of amides is 1. The predicted molar refractivity (Wildman–Crippen MR) is 57.1 cm³/mol. The molecular weight excluding hydrogens is 180 g/mol. The molecule has 84 valence electrons. The summed E-state index contributed by atoms with van der Waals surface area (Å²) in [4.78, 5) is 11.4. The molecule has 0 bridgehead atoms. The molecule has 4 nitrogen and oxygen atoms in total. The second-order valence-electron chi connectivity index (χ2n) is 3.59. The van der Waals surface area contributed by atoms with E-state index in [1.165, 1.54) is 0 Å². The van der Waals surface area contributed by atoms with Gasteiger partial charge in [0.25, 0.3) is 0 Å². The van der Waals surface area contributed by atoms with Gasteiger partial charge in [0.1, 0.15) is 0 Å². The van der Waals surface area contributed by atoms with Crippen molar-refractivity contribution in [2.45, 2.75) is 45.7 Å². The monoisotopic (exact) mass is 202 g/mol. The van der Waals surface area contributed by atoms with E-state index in [1.54, 1.807) is 0 Å². The smallest absolute Gasteiger partial charge is 0.236 e. The molecule has 0 heterocycles. The Morgan fingerprint density at radius 1 is 1.43 bits per heavy atom. The normalized spacial score (nSPS) is 14.9. The molecule has 0 saturated carbocycles. The van der Waals surface area contributed by atoms with Crippen molar-refractivity contribution in [1.29, 1.82) is 0 Å². The number of nitrogens with one attached hydrogen (secondary N) is 2. The zero-order valence-electron chi connectivity index (χ0n) is 9.34. The zero-order valence-corrected chi connectivity index (χ0v) is 9.34. The van der Waals surface area contributed by atoms with Crippen LogP contribution in [0.3, 0.4) is 0 Å². The molecule has 2 unspecified atom stereocenters. The number of hydrogen-bond acceptors (Lipinski definition) is 3. The molecule has 0 aromatic rings. The minimum absolute atomic E-state index is 0.0247. The van der Waals surface area contributed by atoms with Gasteiger partial charge in [0.2, 0.25) is 5.91 Å². The van der Waals surface area contributed by atoms with Crippen molar-refractivity contribution < 1.29 is 9.90 Å². The first-order valence-corrected chi connectivity index (χ1v) is 5.26. The lowest BCUT2D eigenvalue weighted by Crippen LogP contribution is -2.46. The highest BCUT2D eigenvalue weighted by atomic mass is 16.3. The van der Waals surface area contributed by atoms with Gasteiger partial charge in [0.15, 0.2) is 0 Å². The lowest BCUT2D eigenvalue weighted by Gasteiger charge is -2.18. The lowest BCUT2D eigenvalue weighted by molar-refractivity contribution is -0.122. The Kier molecular flexibility index (Phi) is 7.42. The highest BCUT2D eigenvalue weighted by Gasteiger charge is 2.13. The average Bonchev–Trinajstić information content (AvgIpc) is 2.14. The third-order valence-electron chi connectivity index (χ3n) is 2.04. The molecule has 0 aromatic heterocycles. The predicted octanol–water partition coefficient (Wildman–Crippen LogP) is 0.262. The van der Waals surface area contributed by atoms with Crippen LogP contribution in [-0.2, 0) is 4.79 Å². The van der Waals surface area contributed by atoms with Gasteiger partial charge in [-0.1, -0.05) is 6.92 Å². The fourth-order valence-corrected chi connectivity index (χ4v) is 1.18. The van der Waals surface area contributed by atoms with Crippen molar-refractivity contribution in [2.75, 3.05) is 13.2 Å². The number of rotatable bonds is 7. The SMILES string of the molecule is CCCNC(=O)C(C)NC(C)CCO. The second kappa shape index (κ2) is 7.76. The maximum atomic E-state index is 11.4. The second-order valence-corrected chi connectivity index (χ2v) is 3.59. The van der Waals surface area contributed by atoms with E-state index in [1.807, 2.05) is 20.8 Å². The Bertz CT molecular complexity index is 162. The van der Waals surface area contributed by atoms with Gasteiger partial charge in [-0.25, -0.2) is 0 Å². The van der Waals surface area contributed by atoms with E-state index in [0.717, 1.165) is 13.0 Å². The lowest BCUT2D eigenvalue weighted by atomic mass is 10.2. The van der Waals surface area contributed by atoms with E-state index >= 15 is 0 Å². The molecular formula is C10H22N2O2. The van der Waals surface area contributed by atoms with Crippen LogP contribution in [0.1, 0.15) is 33.6 Å². The largest absolute Gasteiger partial charge is 0.396 e. The highest BCUT2D eigenvalue weighted by molar-refractivity contribution is 5.81. The average molecular weight is 202 g/mol. The molecule has 2 atom stereocenters. The fourth-order valence-electron chi connectivity index (χ4n) is 1.18. The van der Waals surface area contributed by atoms with Gasteiger partial charge >= 0.3 is 0 Å². The zero-order chi connectivity index (χ0) is 11.0. The van der Waals surface area contributed by atoms with E-state index < -0.39 is 0 Å². The standard InChI is InChI=1S/C10H22N2O2/c1-4-6-11-10(14)9(3)12-8(2)5-7-13/h8-9,12-13H,4-7H2,1-3H3,(H,11,14). The summed E-state index contributed by atoms with van der Waals surface area (Å²) in [6, 6.07) is -0.0227. The van der Waals surface area contributed by atoms with Crippen molar-refractivity contribution >= 4 is 5.91 Å². The Hall–Kier alpha value is -0.610. The van der Waals surface area contributed by atoms with E-state index in [4.69, 9.17) is 5.11 Å². The number of hydrogen-bond donors (Lipinski definition) is 3. The highest BCUT2D eigenvalue weighted by Crippen LogP contribution is 1.92.